The van der Waals surface area contributed by atoms with Crippen molar-refractivity contribution in [1.29, 1.82) is 0 Å². The molecule has 2 heterocycles. The second-order valence-corrected chi connectivity index (χ2v) is 9.46. The number of halogens is 2. The summed E-state index contributed by atoms with van der Waals surface area (Å²) in [5, 5.41) is 3.52. The summed E-state index contributed by atoms with van der Waals surface area (Å²) in [6.07, 6.45) is 1.14. The molecule has 0 bridgehead atoms. The summed E-state index contributed by atoms with van der Waals surface area (Å²) in [5.41, 5.74) is 3.59. The molecule has 37 heavy (non-hydrogen) atoms. The van der Waals surface area contributed by atoms with Crippen LogP contribution in [-0.2, 0) is 16.1 Å². The Morgan fingerprint density at radius 1 is 0.946 bits per heavy atom. The van der Waals surface area contributed by atoms with Gasteiger partial charge in [-0.25, -0.2) is 4.79 Å². The van der Waals surface area contributed by atoms with Gasteiger partial charge in [-0.3, -0.25) is 19.4 Å². The van der Waals surface area contributed by atoms with Crippen LogP contribution in [0.25, 0.3) is 0 Å². The number of nitrogens with one attached hydrogen (secondary N) is 1. The number of piperidine rings is 1. The lowest BCUT2D eigenvalue weighted by atomic mass is 10.0. The highest BCUT2D eigenvalue weighted by molar-refractivity contribution is 6.30. The van der Waals surface area contributed by atoms with Gasteiger partial charge in [0.2, 0.25) is 5.91 Å². The van der Waals surface area contributed by atoms with Crippen molar-refractivity contribution in [2.75, 3.05) is 29.9 Å². The molecule has 0 radical (unpaired) electrons. The Balaban J connectivity index is 0.00000320. The fourth-order valence-corrected chi connectivity index (χ4v) is 4.95. The summed E-state index contributed by atoms with van der Waals surface area (Å²) in [6.45, 7) is 1.87. The van der Waals surface area contributed by atoms with E-state index >= 15 is 0 Å². The van der Waals surface area contributed by atoms with E-state index in [0.717, 1.165) is 24.1 Å². The van der Waals surface area contributed by atoms with E-state index in [-0.39, 0.29) is 49.4 Å². The van der Waals surface area contributed by atoms with Crippen LogP contribution >= 0.6 is 24.0 Å². The normalized spacial score (nSPS) is 15.8. The maximum Gasteiger partial charge on any atom is 0.414 e. The monoisotopic (exact) mass is 539 g/mol. The highest BCUT2D eigenvalue weighted by Gasteiger charge is 2.34. The summed E-state index contributed by atoms with van der Waals surface area (Å²) < 4.78 is 5.36. The van der Waals surface area contributed by atoms with Crippen molar-refractivity contribution in [2.45, 2.75) is 25.5 Å². The molecule has 0 atom stereocenters. The minimum Gasteiger partial charge on any atom is -0.444 e. The molecule has 9 heteroatoms. The molecule has 0 aromatic heterocycles. The Bertz CT molecular complexity index is 1280. The van der Waals surface area contributed by atoms with E-state index in [4.69, 9.17) is 16.3 Å². The molecule has 2 aliphatic rings. The third-order valence-electron chi connectivity index (χ3n) is 6.61. The van der Waals surface area contributed by atoms with E-state index in [2.05, 4.69) is 10.2 Å². The zero-order valence-corrected chi connectivity index (χ0v) is 21.6. The fraction of sp³-hybridized carbons (Fsp3) is 0.250. The van der Waals surface area contributed by atoms with Gasteiger partial charge in [0.05, 0.1) is 12.2 Å². The Morgan fingerprint density at radius 3 is 2.32 bits per heavy atom. The minimum absolute atomic E-state index is 0. The first kappa shape index (κ1) is 26.7. The summed E-state index contributed by atoms with van der Waals surface area (Å²) >= 11 is 6.10. The van der Waals surface area contributed by atoms with E-state index in [1.54, 1.807) is 47.4 Å². The number of benzene rings is 3. The topological polar surface area (TPSA) is 79.0 Å². The van der Waals surface area contributed by atoms with Gasteiger partial charge in [0, 0.05) is 46.5 Å². The standard InChI is InChI=1S/C28H26ClN3O4.ClH/c29-22-8-11-25-21(16-22)18-36-28(35)32(25)24-12-14-31(15-13-24)17-26(33)30-23-9-6-20(7-10-23)27(34)19-4-2-1-3-5-19;/h1-11,16,24H,12-15,17-18H2,(H,30,33);1H. The quantitative estimate of drug-likeness (QED) is 0.415. The van der Waals surface area contributed by atoms with Crippen LogP contribution in [0.15, 0.2) is 72.8 Å². The maximum absolute atomic E-state index is 12.6. The molecular formula is C28H27Cl2N3O4. The van der Waals surface area contributed by atoms with Gasteiger partial charge >= 0.3 is 6.09 Å². The number of ether oxygens (including phenoxy) is 1. The van der Waals surface area contributed by atoms with Crippen molar-refractivity contribution in [3.05, 3.63) is 94.5 Å². The van der Waals surface area contributed by atoms with E-state index in [9.17, 15) is 14.4 Å². The van der Waals surface area contributed by atoms with Crippen molar-refractivity contribution < 1.29 is 19.1 Å². The zero-order chi connectivity index (χ0) is 25.1. The van der Waals surface area contributed by atoms with Crippen LogP contribution < -0.4 is 10.2 Å². The molecular weight excluding hydrogens is 513 g/mol. The predicted molar refractivity (Wildman–Crippen MR) is 146 cm³/mol. The average molecular weight is 540 g/mol. The van der Waals surface area contributed by atoms with Gasteiger partial charge in [0.25, 0.3) is 0 Å². The number of hydrogen-bond acceptors (Lipinski definition) is 5. The summed E-state index contributed by atoms with van der Waals surface area (Å²) in [7, 11) is 0. The molecule has 2 aliphatic heterocycles. The number of ketones is 1. The summed E-state index contributed by atoms with van der Waals surface area (Å²) in [5.74, 6) is -0.174. The molecule has 1 fully saturated rings. The lowest BCUT2D eigenvalue weighted by Crippen LogP contribution is -2.50. The first-order valence-electron chi connectivity index (χ1n) is 11.9. The summed E-state index contributed by atoms with van der Waals surface area (Å²) in [4.78, 5) is 41.5. The van der Waals surface area contributed by atoms with Gasteiger partial charge in [0.1, 0.15) is 6.61 Å². The number of anilines is 2. The second kappa shape index (κ2) is 11.8. The smallest absolute Gasteiger partial charge is 0.414 e. The molecule has 1 saturated heterocycles. The third kappa shape index (κ3) is 6.13. The molecule has 3 aromatic carbocycles. The molecule has 0 saturated carbocycles. The number of carbonyl (C=O) groups is 3. The molecule has 3 aromatic rings. The largest absolute Gasteiger partial charge is 0.444 e. The van der Waals surface area contributed by atoms with Crippen molar-refractivity contribution in [1.82, 2.24) is 4.90 Å². The number of hydrogen-bond donors (Lipinski definition) is 1. The van der Waals surface area contributed by atoms with Crippen LogP contribution in [-0.4, -0.2) is 48.4 Å². The highest BCUT2D eigenvalue weighted by atomic mass is 35.5. The maximum atomic E-state index is 12.6. The van der Waals surface area contributed by atoms with Crippen molar-refractivity contribution >= 4 is 53.2 Å². The van der Waals surface area contributed by atoms with Crippen LogP contribution in [0.4, 0.5) is 16.2 Å². The number of nitrogens with zero attached hydrogens (tertiary/aromatic N) is 2. The number of likely N-dealkylation sites (tertiary alicyclic amines) is 1. The van der Waals surface area contributed by atoms with Crippen LogP contribution in [0.1, 0.15) is 34.3 Å². The number of amides is 2. The molecule has 0 unspecified atom stereocenters. The van der Waals surface area contributed by atoms with Crippen molar-refractivity contribution in [2.24, 2.45) is 0 Å². The fourth-order valence-electron chi connectivity index (χ4n) is 4.76. The summed E-state index contributed by atoms with van der Waals surface area (Å²) in [6, 6.07) is 21.5. The molecule has 1 N–H and O–H groups in total. The number of fused-ring (bicyclic) bond motifs is 1. The Labute approximate surface area is 226 Å². The SMILES string of the molecule is Cl.O=C(CN1CCC(N2C(=O)OCc3cc(Cl)ccc32)CC1)Nc1ccc(C(=O)c2ccccc2)cc1. The van der Waals surface area contributed by atoms with E-state index in [1.165, 1.54) is 0 Å². The molecule has 7 nitrogen and oxygen atoms in total. The number of cyclic esters (lactones) is 1. The highest BCUT2D eigenvalue weighted by Crippen LogP contribution is 2.33. The van der Waals surface area contributed by atoms with Gasteiger partial charge in [-0.15, -0.1) is 12.4 Å². The van der Waals surface area contributed by atoms with Crippen LogP contribution in [0.2, 0.25) is 5.02 Å². The average Bonchev–Trinajstić information content (AvgIpc) is 2.90. The zero-order valence-electron chi connectivity index (χ0n) is 20.1. The van der Waals surface area contributed by atoms with Crippen LogP contribution in [0.3, 0.4) is 0 Å². The van der Waals surface area contributed by atoms with Gasteiger partial charge < -0.3 is 10.1 Å². The van der Waals surface area contributed by atoms with E-state index in [1.807, 2.05) is 30.3 Å². The molecule has 192 valence electrons. The molecule has 0 aliphatic carbocycles. The van der Waals surface area contributed by atoms with Crippen LogP contribution in [0, 0.1) is 0 Å². The van der Waals surface area contributed by atoms with Gasteiger partial charge in [-0.05, 0) is 55.3 Å². The first-order chi connectivity index (χ1) is 17.5. The second-order valence-electron chi connectivity index (χ2n) is 9.03. The molecule has 2 amide bonds. The van der Waals surface area contributed by atoms with Crippen LogP contribution in [0.5, 0.6) is 0 Å². The van der Waals surface area contributed by atoms with E-state index in [0.29, 0.717) is 34.9 Å². The predicted octanol–water partition coefficient (Wildman–Crippen LogP) is 5.55. The van der Waals surface area contributed by atoms with E-state index < -0.39 is 0 Å². The number of carbonyl (C=O) groups excluding carboxylic acids is 3. The Morgan fingerprint density at radius 2 is 1.62 bits per heavy atom. The molecule has 5 rings (SSSR count). The number of rotatable bonds is 6. The van der Waals surface area contributed by atoms with Crippen molar-refractivity contribution in [3.8, 4) is 0 Å². The van der Waals surface area contributed by atoms with Crippen molar-refractivity contribution in [3.63, 3.8) is 0 Å². The third-order valence-corrected chi connectivity index (χ3v) is 6.84. The van der Waals surface area contributed by atoms with Gasteiger partial charge in [0.15, 0.2) is 5.78 Å². The van der Waals surface area contributed by atoms with Gasteiger partial charge in [-0.2, -0.15) is 0 Å². The van der Waals surface area contributed by atoms with Gasteiger partial charge in [-0.1, -0.05) is 41.9 Å². The lowest BCUT2D eigenvalue weighted by Gasteiger charge is -2.40. The Kier molecular flexibility index (Phi) is 8.48. The minimum atomic E-state index is -0.338. The lowest BCUT2D eigenvalue weighted by molar-refractivity contribution is -0.117. The first-order valence-corrected chi connectivity index (χ1v) is 12.3. The molecule has 0 spiro atoms. The Hall–Kier alpha value is -3.39.